The Morgan fingerprint density at radius 2 is 2.10 bits per heavy atom. The summed E-state index contributed by atoms with van der Waals surface area (Å²) >= 11 is 0. The predicted molar refractivity (Wildman–Crippen MR) is 84.4 cm³/mol. The topological polar surface area (TPSA) is 42.2 Å². The van der Waals surface area contributed by atoms with Crippen LogP contribution in [0.4, 0.5) is 0 Å². The first-order valence-corrected chi connectivity index (χ1v) is 7.86. The summed E-state index contributed by atoms with van der Waals surface area (Å²) in [6.45, 7) is 9.68. The molecule has 1 saturated carbocycles. The number of nitrogens with two attached hydrogens (primary N) is 1. The van der Waals surface area contributed by atoms with Crippen LogP contribution in [0.5, 0.6) is 0 Å². The maximum absolute atomic E-state index is 6.23. The number of likely N-dealkylation sites (N-methyl/N-ethyl adjacent to an activating group) is 1. The SMILES string of the molecule is CCN(Cc1ccccn1)C1(CN)CCCC(C)(C)C1. The van der Waals surface area contributed by atoms with E-state index in [2.05, 4.69) is 42.8 Å². The maximum atomic E-state index is 6.23. The molecule has 0 spiro atoms. The van der Waals surface area contributed by atoms with Gasteiger partial charge in [0.1, 0.15) is 0 Å². The van der Waals surface area contributed by atoms with E-state index in [1.807, 2.05) is 12.3 Å². The largest absolute Gasteiger partial charge is 0.329 e. The highest BCUT2D eigenvalue weighted by Gasteiger charge is 2.42. The van der Waals surface area contributed by atoms with Gasteiger partial charge in [0.05, 0.1) is 5.69 Å². The van der Waals surface area contributed by atoms with Gasteiger partial charge in [0.25, 0.3) is 0 Å². The second kappa shape index (κ2) is 6.23. The van der Waals surface area contributed by atoms with Crippen molar-refractivity contribution in [1.82, 2.24) is 9.88 Å². The van der Waals surface area contributed by atoms with Gasteiger partial charge in [0, 0.05) is 24.8 Å². The van der Waals surface area contributed by atoms with E-state index >= 15 is 0 Å². The first-order chi connectivity index (χ1) is 9.51. The molecule has 112 valence electrons. The molecule has 2 rings (SSSR count). The lowest BCUT2D eigenvalue weighted by molar-refractivity contribution is 0.00673. The van der Waals surface area contributed by atoms with Gasteiger partial charge in [-0.3, -0.25) is 9.88 Å². The van der Waals surface area contributed by atoms with Crippen LogP contribution in [0.15, 0.2) is 24.4 Å². The lowest BCUT2D eigenvalue weighted by Gasteiger charge is -2.50. The molecule has 3 heteroatoms. The number of hydrogen-bond acceptors (Lipinski definition) is 3. The Labute approximate surface area is 123 Å². The third-order valence-electron chi connectivity index (χ3n) is 4.81. The van der Waals surface area contributed by atoms with Crippen LogP contribution in [0, 0.1) is 5.41 Å². The Morgan fingerprint density at radius 1 is 1.30 bits per heavy atom. The molecule has 1 aromatic heterocycles. The van der Waals surface area contributed by atoms with Crippen LogP contribution < -0.4 is 5.73 Å². The van der Waals surface area contributed by atoms with Gasteiger partial charge in [-0.25, -0.2) is 0 Å². The zero-order chi connectivity index (χ0) is 14.6. The van der Waals surface area contributed by atoms with E-state index in [1.54, 1.807) is 0 Å². The average Bonchev–Trinajstić information content (AvgIpc) is 2.44. The number of nitrogens with zero attached hydrogens (tertiary/aromatic N) is 2. The minimum atomic E-state index is 0.147. The van der Waals surface area contributed by atoms with Gasteiger partial charge in [0.2, 0.25) is 0 Å². The highest BCUT2D eigenvalue weighted by Crippen LogP contribution is 2.43. The molecule has 1 aliphatic carbocycles. The van der Waals surface area contributed by atoms with E-state index in [9.17, 15) is 0 Å². The molecular weight excluding hydrogens is 246 g/mol. The lowest BCUT2D eigenvalue weighted by Crippen LogP contribution is -2.57. The highest BCUT2D eigenvalue weighted by atomic mass is 15.2. The molecule has 0 aromatic carbocycles. The molecule has 3 nitrogen and oxygen atoms in total. The average molecular weight is 275 g/mol. The van der Waals surface area contributed by atoms with Gasteiger partial charge in [-0.15, -0.1) is 0 Å². The Hall–Kier alpha value is -0.930. The first-order valence-electron chi connectivity index (χ1n) is 7.86. The van der Waals surface area contributed by atoms with Crippen molar-refractivity contribution >= 4 is 0 Å². The summed E-state index contributed by atoms with van der Waals surface area (Å²) < 4.78 is 0. The Balaban J connectivity index is 2.19. The van der Waals surface area contributed by atoms with Crippen LogP contribution in [0.1, 0.15) is 52.1 Å². The van der Waals surface area contributed by atoms with Crippen LogP contribution in [0.3, 0.4) is 0 Å². The molecule has 1 aliphatic rings. The van der Waals surface area contributed by atoms with E-state index in [0.29, 0.717) is 5.41 Å². The molecule has 1 aromatic rings. The van der Waals surface area contributed by atoms with Crippen molar-refractivity contribution in [1.29, 1.82) is 0 Å². The lowest BCUT2D eigenvalue weighted by atomic mass is 9.67. The molecule has 2 N–H and O–H groups in total. The quantitative estimate of drug-likeness (QED) is 0.897. The van der Waals surface area contributed by atoms with Gasteiger partial charge in [-0.05, 0) is 43.4 Å². The van der Waals surface area contributed by atoms with Crippen LogP contribution in [0.2, 0.25) is 0 Å². The molecule has 1 atom stereocenters. The summed E-state index contributed by atoms with van der Waals surface area (Å²) in [5, 5.41) is 0. The number of rotatable bonds is 5. The van der Waals surface area contributed by atoms with E-state index in [0.717, 1.165) is 25.3 Å². The van der Waals surface area contributed by atoms with Crippen molar-refractivity contribution in [2.75, 3.05) is 13.1 Å². The van der Waals surface area contributed by atoms with E-state index in [4.69, 9.17) is 5.73 Å². The maximum Gasteiger partial charge on any atom is 0.0544 e. The van der Waals surface area contributed by atoms with Crippen LogP contribution in [-0.4, -0.2) is 28.5 Å². The molecule has 0 amide bonds. The molecular formula is C17H29N3. The highest BCUT2D eigenvalue weighted by molar-refractivity contribution is 5.06. The predicted octanol–water partition coefficient (Wildman–Crippen LogP) is 3.20. The van der Waals surface area contributed by atoms with Gasteiger partial charge in [0.15, 0.2) is 0 Å². The first kappa shape index (κ1) is 15.5. The Bertz CT molecular complexity index is 416. The second-order valence-corrected chi connectivity index (χ2v) is 6.96. The third-order valence-corrected chi connectivity index (χ3v) is 4.81. The molecule has 0 aliphatic heterocycles. The van der Waals surface area contributed by atoms with Crippen molar-refractivity contribution in [3.63, 3.8) is 0 Å². The zero-order valence-electron chi connectivity index (χ0n) is 13.2. The van der Waals surface area contributed by atoms with Gasteiger partial charge in [-0.1, -0.05) is 33.3 Å². The number of pyridine rings is 1. The molecule has 1 fully saturated rings. The number of hydrogen-bond donors (Lipinski definition) is 1. The summed E-state index contributed by atoms with van der Waals surface area (Å²) in [4.78, 5) is 7.03. The van der Waals surface area contributed by atoms with E-state index in [1.165, 1.54) is 25.7 Å². The van der Waals surface area contributed by atoms with Crippen molar-refractivity contribution in [2.45, 2.75) is 58.5 Å². The fraction of sp³-hybridized carbons (Fsp3) is 0.706. The Morgan fingerprint density at radius 3 is 2.65 bits per heavy atom. The molecule has 1 heterocycles. The normalized spacial score (nSPS) is 25.9. The summed E-state index contributed by atoms with van der Waals surface area (Å²) in [5.74, 6) is 0. The zero-order valence-corrected chi connectivity index (χ0v) is 13.2. The third kappa shape index (κ3) is 3.39. The summed E-state index contributed by atoms with van der Waals surface area (Å²) in [6.07, 6.45) is 6.88. The van der Waals surface area contributed by atoms with Crippen molar-refractivity contribution in [2.24, 2.45) is 11.1 Å². The molecule has 0 bridgehead atoms. The van der Waals surface area contributed by atoms with Crippen LogP contribution >= 0.6 is 0 Å². The van der Waals surface area contributed by atoms with Crippen LogP contribution in [-0.2, 0) is 6.54 Å². The fourth-order valence-corrected chi connectivity index (χ4v) is 3.84. The monoisotopic (exact) mass is 275 g/mol. The molecule has 20 heavy (non-hydrogen) atoms. The molecule has 0 saturated heterocycles. The summed E-state index contributed by atoms with van der Waals surface area (Å²) in [5.41, 5.74) is 7.92. The van der Waals surface area contributed by atoms with Crippen molar-refractivity contribution < 1.29 is 0 Å². The Kier molecular flexibility index (Phi) is 4.82. The standard InChI is InChI=1S/C17H29N3/c1-4-20(12-15-8-5-6-11-19-15)17(14-18)10-7-9-16(2,3)13-17/h5-6,8,11H,4,7,9-10,12-14,18H2,1-3H3. The number of aromatic nitrogens is 1. The molecule has 0 radical (unpaired) electrons. The fourth-order valence-electron chi connectivity index (χ4n) is 3.84. The van der Waals surface area contributed by atoms with E-state index in [-0.39, 0.29) is 5.54 Å². The summed E-state index contributed by atoms with van der Waals surface area (Å²) in [7, 11) is 0. The van der Waals surface area contributed by atoms with Crippen molar-refractivity contribution in [3.8, 4) is 0 Å². The molecule has 1 unspecified atom stereocenters. The summed E-state index contributed by atoms with van der Waals surface area (Å²) in [6, 6.07) is 6.15. The second-order valence-electron chi connectivity index (χ2n) is 6.96. The van der Waals surface area contributed by atoms with Crippen LogP contribution in [0.25, 0.3) is 0 Å². The van der Waals surface area contributed by atoms with E-state index < -0.39 is 0 Å². The van der Waals surface area contributed by atoms with Gasteiger partial charge < -0.3 is 5.73 Å². The minimum absolute atomic E-state index is 0.147. The van der Waals surface area contributed by atoms with Gasteiger partial charge in [-0.2, -0.15) is 0 Å². The van der Waals surface area contributed by atoms with Gasteiger partial charge >= 0.3 is 0 Å². The minimum Gasteiger partial charge on any atom is -0.329 e. The smallest absolute Gasteiger partial charge is 0.0544 e. The van der Waals surface area contributed by atoms with Crippen molar-refractivity contribution in [3.05, 3.63) is 30.1 Å².